The summed E-state index contributed by atoms with van der Waals surface area (Å²) in [6.45, 7) is 10.5. The third-order valence-corrected chi connectivity index (χ3v) is 3.85. The fraction of sp³-hybridized carbons (Fsp3) is 0.471. The van der Waals surface area contributed by atoms with Crippen LogP contribution in [0.5, 0.6) is 0 Å². The molecule has 0 saturated heterocycles. The summed E-state index contributed by atoms with van der Waals surface area (Å²) >= 11 is 0. The molecule has 124 valence electrons. The van der Waals surface area contributed by atoms with Crippen molar-refractivity contribution in [2.24, 2.45) is 5.92 Å². The van der Waals surface area contributed by atoms with Gasteiger partial charge in [0.25, 0.3) is 0 Å². The number of pyridine rings is 1. The van der Waals surface area contributed by atoms with Gasteiger partial charge in [-0.2, -0.15) is 5.10 Å². The van der Waals surface area contributed by atoms with Crippen molar-refractivity contribution in [3.05, 3.63) is 41.3 Å². The van der Waals surface area contributed by atoms with Crippen molar-refractivity contribution in [2.75, 3.05) is 0 Å². The number of aromatic nitrogens is 3. The first kappa shape index (κ1) is 17.0. The van der Waals surface area contributed by atoms with Gasteiger partial charge >= 0.3 is 6.03 Å². The summed E-state index contributed by atoms with van der Waals surface area (Å²) in [5, 5.41) is 10.2. The van der Waals surface area contributed by atoms with Crippen LogP contribution in [0.4, 0.5) is 4.79 Å². The predicted molar refractivity (Wildman–Crippen MR) is 90.5 cm³/mol. The fourth-order valence-corrected chi connectivity index (χ4v) is 2.11. The Bertz CT molecular complexity index is 660. The van der Waals surface area contributed by atoms with Crippen LogP contribution in [0, 0.1) is 19.8 Å². The zero-order valence-electron chi connectivity index (χ0n) is 14.4. The Kier molecular flexibility index (Phi) is 5.36. The van der Waals surface area contributed by atoms with Crippen molar-refractivity contribution in [3.8, 4) is 5.82 Å². The quantitative estimate of drug-likeness (QED) is 0.891. The van der Waals surface area contributed by atoms with E-state index in [0.29, 0.717) is 12.5 Å². The molecule has 2 aromatic rings. The van der Waals surface area contributed by atoms with Gasteiger partial charge in [-0.05, 0) is 44.4 Å². The zero-order valence-corrected chi connectivity index (χ0v) is 14.4. The van der Waals surface area contributed by atoms with Crippen LogP contribution in [0.15, 0.2) is 24.4 Å². The summed E-state index contributed by atoms with van der Waals surface area (Å²) in [6.07, 6.45) is 1.76. The van der Waals surface area contributed by atoms with Crippen molar-refractivity contribution in [2.45, 2.75) is 47.2 Å². The predicted octanol–water partition coefficient (Wildman–Crippen LogP) is 2.73. The first-order valence-corrected chi connectivity index (χ1v) is 7.89. The molecule has 0 aliphatic carbocycles. The lowest BCUT2D eigenvalue weighted by Crippen LogP contribution is -2.42. The summed E-state index contributed by atoms with van der Waals surface area (Å²) in [5.41, 5.74) is 2.96. The molecule has 6 nitrogen and oxygen atoms in total. The van der Waals surface area contributed by atoms with E-state index in [2.05, 4.69) is 34.6 Å². The largest absolute Gasteiger partial charge is 0.335 e. The third kappa shape index (κ3) is 4.55. The number of amides is 2. The molecule has 0 aliphatic rings. The van der Waals surface area contributed by atoms with E-state index in [4.69, 9.17) is 0 Å². The number of aryl methyl sites for hydroxylation is 2. The topological polar surface area (TPSA) is 71.8 Å². The van der Waals surface area contributed by atoms with Crippen LogP contribution in [0.25, 0.3) is 5.82 Å². The van der Waals surface area contributed by atoms with Crippen LogP contribution in [-0.4, -0.2) is 26.8 Å². The second-order valence-corrected chi connectivity index (χ2v) is 6.22. The van der Waals surface area contributed by atoms with Gasteiger partial charge in [0.05, 0.1) is 5.69 Å². The monoisotopic (exact) mass is 315 g/mol. The average molecular weight is 315 g/mol. The highest BCUT2D eigenvalue weighted by Gasteiger charge is 2.10. The van der Waals surface area contributed by atoms with Gasteiger partial charge in [-0.3, -0.25) is 0 Å². The summed E-state index contributed by atoms with van der Waals surface area (Å²) in [4.78, 5) is 16.2. The lowest BCUT2D eigenvalue weighted by Gasteiger charge is -2.17. The van der Waals surface area contributed by atoms with E-state index in [9.17, 15) is 4.79 Å². The molecule has 2 N–H and O–H groups in total. The SMILES string of the molecule is Cc1cc(C)n(-c2ccc(CNC(=O)N[C@H](C)C(C)C)cn2)n1. The Hall–Kier alpha value is -2.37. The standard InChI is InChI=1S/C17H25N5O/c1-11(2)14(5)20-17(23)19-10-15-6-7-16(18-9-15)22-13(4)8-12(3)21-22/h6-9,11,14H,10H2,1-5H3,(H2,19,20,23)/t14-/m1/s1. The maximum Gasteiger partial charge on any atom is 0.315 e. The van der Waals surface area contributed by atoms with Crippen molar-refractivity contribution in [1.82, 2.24) is 25.4 Å². The van der Waals surface area contributed by atoms with Crippen LogP contribution >= 0.6 is 0 Å². The molecule has 2 amide bonds. The van der Waals surface area contributed by atoms with Crippen molar-refractivity contribution < 1.29 is 4.79 Å². The minimum atomic E-state index is -0.158. The fourth-order valence-electron chi connectivity index (χ4n) is 2.11. The number of hydrogen-bond acceptors (Lipinski definition) is 3. The molecule has 2 heterocycles. The summed E-state index contributed by atoms with van der Waals surface area (Å²) in [6, 6.07) is 5.85. The Labute approximate surface area is 137 Å². The normalized spacial score (nSPS) is 12.3. The molecule has 0 aliphatic heterocycles. The molecule has 0 spiro atoms. The molecular formula is C17H25N5O. The summed E-state index contributed by atoms with van der Waals surface area (Å²) < 4.78 is 1.81. The molecule has 23 heavy (non-hydrogen) atoms. The Morgan fingerprint density at radius 2 is 2.00 bits per heavy atom. The second kappa shape index (κ2) is 7.26. The van der Waals surface area contributed by atoms with Gasteiger partial charge in [-0.15, -0.1) is 0 Å². The minimum Gasteiger partial charge on any atom is -0.335 e. The lowest BCUT2D eigenvalue weighted by molar-refractivity contribution is 0.234. The summed E-state index contributed by atoms with van der Waals surface area (Å²) in [5.74, 6) is 1.18. The highest BCUT2D eigenvalue weighted by atomic mass is 16.2. The lowest BCUT2D eigenvalue weighted by atomic mass is 10.1. The first-order valence-electron chi connectivity index (χ1n) is 7.89. The van der Waals surface area contributed by atoms with Gasteiger partial charge in [0.1, 0.15) is 0 Å². The second-order valence-electron chi connectivity index (χ2n) is 6.22. The molecule has 6 heteroatoms. The van der Waals surface area contributed by atoms with E-state index in [0.717, 1.165) is 22.8 Å². The van der Waals surface area contributed by atoms with Crippen LogP contribution in [-0.2, 0) is 6.54 Å². The van der Waals surface area contributed by atoms with Crippen molar-refractivity contribution in [1.29, 1.82) is 0 Å². The van der Waals surface area contributed by atoms with E-state index in [1.54, 1.807) is 6.20 Å². The molecule has 0 radical (unpaired) electrons. The molecule has 2 aromatic heterocycles. The van der Waals surface area contributed by atoms with Crippen LogP contribution in [0.3, 0.4) is 0 Å². The molecule has 0 aromatic carbocycles. The van der Waals surface area contributed by atoms with E-state index in [1.165, 1.54) is 0 Å². The van der Waals surface area contributed by atoms with E-state index < -0.39 is 0 Å². The molecule has 0 unspecified atom stereocenters. The maximum atomic E-state index is 11.8. The molecule has 0 bridgehead atoms. The molecule has 1 atom stereocenters. The number of nitrogens with zero attached hydrogens (tertiary/aromatic N) is 3. The van der Waals surface area contributed by atoms with Gasteiger partial charge in [-0.25, -0.2) is 14.5 Å². The molecule has 0 fully saturated rings. The Balaban J connectivity index is 1.93. The van der Waals surface area contributed by atoms with Gasteiger partial charge < -0.3 is 10.6 Å². The number of urea groups is 1. The highest BCUT2D eigenvalue weighted by molar-refractivity contribution is 5.74. The molecular weight excluding hydrogens is 290 g/mol. The Morgan fingerprint density at radius 1 is 1.26 bits per heavy atom. The summed E-state index contributed by atoms with van der Waals surface area (Å²) in [7, 11) is 0. The molecule has 0 saturated carbocycles. The van der Waals surface area contributed by atoms with Gasteiger partial charge in [-0.1, -0.05) is 19.9 Å². The maximum absolute atomic E-state index is 11.8. The zero-order chi connectivity index (χ0) is 17.0. The van der Waals surface area contributed by atoms with Crippen molar-refractivity contribution in [3.63, 3.8) is 0 Å². The minimum absolute atomic E-state index is 0.140. The smallest absolute Gasteiger partial charge is 0.315 e. The number of hydrogen-bond donors (Lipinski definition) is 2. The molecule has 2 rings (SSSR count). The Morgan fingerprint density at radius 3 is 2.52 bits per heavy atom. The van der Waals surface area contributed by atoms with Gasteiger partial charge in [0.15, 0.2) is 5.82 Å². The van der Waals surface area contributed by atoms with E-state index in [-0.39, 0.29) is 12.1 Å². The number of carbonyl (C=O) groups is 1. The first-order chi connectivity index (χ1) is 10.9. The van der Waals surface area contributed by atoms with Crippen molar-refractivity contribution >= 4 is 6.03 Å². The number of carbonyl (C=O) groups excluding carboxylic acids is 1. The number of rotatable bonds is 5. The van der Waals surface area contributed by atoms with Crippen LogP contribution in [0.2, 0.25) is 0 Å². The van der Waals surface area contributed by atoms with Crippen LogP contribution in [0.1, 0.15) is 37.7 Å². The van der Waals surface area contributed by atoms with E-state index >= 15 is 0 Å². The van der Waals surface area contributed by atoms with Gasteiger partial charge in [0.2, 0.25) is 0 Å². The average Bonchev–Trinajstić information content (AvgIpc) is 2.84. The number of nitrogens with one attached hydrogen (secondary N) is 2. The van der Waals surface area contributed by atoms with E-state index in [1.807, 2.05) is 43.7 Å². The van der Waals surface area contributed by atoms with Gasteiger partial charge in [0, 0.05) is 24.5 Å². The third-order valence-electron chi connectivity index (χ3n) is 3.85. The highest BCUT2D eigenvalue weighted by Crippen LogP contribution is 2.10. The van der Waals surface area contributed by atoms with Crippen LogP contribution < -0.4 is 10.6 Å².